The van der Waals surface area contributed by atoms with Gasteiger partial charge in [0.05, 0.1) is 5.02 Å². The Morgan fingerprint density at radius 1 is 1.00 bits per heavy atom. The van der Waals surface area contributed by atoms with E-state index in [1.54, 1.807) is 23.7 Å². The smallest absolute Gasteiger partial charge is 0.178 e. The average molecular weight is 436 g/mol. The summed E-state index contributed by atoms with van der Waals surface area (Å²) in [6, 6.07) is 18.5. The molecule has 0 aliphatic heterocycles. The molecular weight excluding hydrogens is 424 g/mol. The molecule has 0 amide bonds. The van der Waals surface area contributed by atoms with Crippen molar-refractivity contribution in [1.29, 1.82) is 0 Å². The van der Waals surface area contributed by atoms with Crippen molar-refractivity contribution in [3.8, 4) is 11.1 Å². The van der Waals surface area contributed by atoms with E-state index in [9.17, 15) is 4.55 Å². The first kappa shape index (κ1) is 16.4. The molecule has 1 aromatic heterocycles. The van der Waals surface area contributed by atoms with Crippen LogP contribution in [-0.4, -0.2) is 10.8 Å². The maximum Gasteiger partial charge on any atom is 0.178 e. The van der Waals surface area contributed by atoms with Crippen molar-refractivity contribution in [3.05, 3.63) is 64.1 Å². The maximum absolute atomic E-state index is 12.3. The van der Waals surface area contributed by atoms with Crippen LogP contribution in [0.1, 0.15) is 0 Å². The fraction of sp³-hybridized carbons (Fsp3) is 0.0526. The van der Waals surface area contributed by atoms with Crippen molar-refractivity contribution >= 4 is 70.2 Å². The number of fused-ring (bicyclic) bond motifs is 3. The molecular formula is C19H12BrClOS2. The van der Waals surface area contributed by atoms with E-state index in [0.29, 0.717) is 9.92 Å². The van der Waals surface area contributed by atoms with E-state index in [4.69, 9.17) is 11.6 Å². The second-order valence-electron chi connectivity index (χ2n) is 5.50. The Hall–Kier alpha value is -1.04. The van der Waals surface area contributed by atoms with E-state index < -0.39 is 11.2 Å². The van der Waals surface area contributed by atoms with Crippen LogP contribution in [0.25, 0.3) is 31.3 Å². The van der Waals surface area contributed by atoms with Gasteiger partial charge in [0.25, 0.3) is 0 Å². The molecule has 120 valence electrons. The van der Waals surface area contributed by atoms with Gasteiger partial charge >= 0.3 is 0 Å². The van der Waals surface area contributed by atoms with Gasteiger partial charge in [0, 0.05) is 35.8 Å². The Labute approximate surface area is 160 Å². The summed E-state index contributed by atoms with van der Waals surface area (Å²) in [5.74, 6) is 0. The summed E-state index contributed by atoms with van der Waals surface area (Å²) in [5, 5.41) is 3.00. The zero-order valence-corrected chi connectivity index (χ0v) is 16.7. The van der Waals surface area contributed by atoms with Gasteiger partial charge in [-0.2, -0.15) is 0 Å². The third-order valence-corrected chi connectivity index (χ3v) is 7.09. The number of benzene rings is 3. The molecule has 0 fully saturated rings. The van der Waals surface area contributed by atoms with Gasteiger partial charge in [-0.1, -0.05) is 63.9 Å². The van der Waals surface area contributed by atoms with Gasteiger partial charge in [0.2, 0.25) is 0 Å². The van der Waals surface area contributed by atoms with Crippen molar-refractivity contribution < 1.29 is 4.55 Å². The lowest BCUT2D eigenvalue weighted by atomic mass is 10.0. The number of halogens is 2. The van der Waals surface area contributed by atoms with Crippen molar-refractivity contribution in [2.75, 3.05) is 6.26 Å². The minimum Gasteiger partial charge on any atom is -0.612 e. The Bertz CT molecular complexity index is 1070. The second kappa shape index (κ2) is 6.36. The summed E-state index contributed by atoms with van der Waals surface area (Å²) < 4.78 is 15.6. The zero-order chi connectivity index (χ0) is 16.8. The summed E-state index contributed by atoms with van der Waals surface area (Å²) >= 11 is 10.5. The Balaban J connectivity index is 2.11. The van der Waals surface area contributed by atoms with E-state index in [1.807, 2.05) is 12.1 Å². The third-order valence-electron chi connectivity index (χ3n) is 3.99. The van der Waals surface area contributed by atoms with E-state index in [0.717, 1.165) is 15.6 Å². The highest BCUT2D eigenvalue weighted by molar-refractivity contribution is 9.10. The molecule has 0 aliphatic carbocycles. The molecule has 1 heterocycles. The van der Waals surface area contributed by atoms with Crippen LogP contribution in [0, 0.1) is 0 Å². The van der Waals surface area contributed by atoms with Crippen LogP contribution in [-0.2, 0) is 11.2 Å². The van der Waals surface area contributed by atoms with Crippen molar-refractivity contribution in [3.63, 3.8) is 0 Å². The fourth-order valence-electron chi connectivity index (χ4n) is 3.01. The maximum atomic E-state index is 12.3. The van der Waals surface area contributed by atoms with Crippen LogP contribution < -0.4 is 0 Å². The van der Waals surface area contributed by atoms with E-state index >= 15 is 0 Å². The van der Waals surface area contributed by atoms with Crippen LogP contribution in [0.5, 0.6) is 0 Å². The van der Waals surface area contributed by atoms with Crippen molar-refractivity contribution in [1.82, 2.24) is 0 Å². The minimum atomic E-state index is -1.17. The van der Waals surface area contributed by atoms with Gasteiger partial charge in [-0.05, 0) is 29.4 Å². The molecule has 0 N–H and O–H groups in total. The van der Waals surface area contributed by atoms with E-state index in [-0.39, 0.29) is 0 Å². The summed E-state index contributed by atoms with van der Waals surface area (Å²) in [6.07, 6.45) is 1.67. The number of hydrogen-bond acceptors (Lipinski definition) is 2. The van der Waals surface area contributed by atoms with Crippen LogP contribution in [0.3, 0.4) is 0 Å². The van der Waals surface area contributed by atoms with Gasteiger partial charge in [0.1, 0.15) is 6.26 Å². The predicted octanol–water partition coefficient (Wildman–Crippen LogP) is 6.87. The molecule has 0 saturated heterocycles. The standard InChI is InChI=1S/C19H12BrClOS2/c1-24(22)19-15(9-11(20)10-16(19)21)14-7-4-6-13-12-5-2-3-8-17(12)23-18(13)14/h2-10H,1H3. The monoisotopic (exact) mass is 434 g/mol. The highest BCUT2D eigenvalue weighted by Crippen LogP contribution is 2.43. The van der Waals surface area contributed by atoms with E-state index in [2.05, 4.69) is 52.3 Å². The first-order valence-corrected chi connectivity index (χ1v) is 10.8. The molecule has 0 bridgehead atoms. The third kappa shape index (κ3) is 2.67. The minimum absolute atomic E-state index is 0.526. The van der Waals surface area contributed by atoms with Crippen molar-refractivity contribution in [2.24, 2.45) is 0 Å². The summed E-state index contributed by atoms with van der Waals surface area (Å²) in [7, 11) is 0. The van der Waals surface area contributed by atoms with E-state index in [1.165, 1.54) is 20.2 Å². The number of rotatable bonds is 2. The van der Waals surface area contributed by atoms with Gasteiger partial charge < -0.3 is 4.55 Å². The van der Waals surface area contributed by atoms with Crippen LogP contribution in [0.4, 0.5) is 0 Å². The van der Waals surface area contributed by atoms with Crippen LogP contribution >= 0.6 is 38.9 Å². The van der Waals surface area contributed by atoms with Gasteiger partial charge in [0.15, 0.2) is 4.90 Å². The lowest BCUT2D eigenvalue weighted by Gasteiger charge is -2.13. The summed E-state index contributed by atoms with van der Waals surface area (Å²) in [4.78, 5) is 0.685. The molecule has 4 rings (SSSR count). The predicted molar refractivity (Wildman–Crippen MR) is 110 cm³/mol. The highest BCUT2D eigenvalue weighted by atomic mass is 79.9. The van der Waals surface area contributed by atoms with Crippen molar-refractivity contribution in [2.45, 2.75) is 4.90 Å². The molecule has 0 saturated carbocycles. The summed E-state index contributed by atoms with van der Waals surface area (Å²) in [5.41, 5.74) is 1.99. The Morgan fingerprint density at radius 2 is 1.75 bits per heavy atom. The largest absolute Gasteiger partial charge is 0.612 e. The van der Waals surface area contributed by atoms with Gasteiger partial charge in [-0.25, -0.2) is 0 Å². The zero-order valence-electron chi connectivity index (χ0n) is 12.7. The Morgan fingerprint density at radius 3 is 2.54 bits per heavy atom. The summed E-state index contributed by atoms with van der Waals surface area (Å²) in [6.45, 7) is 0. The lowest BCUT2D eigenvalue weighted by Crippen LogP contribution is -2.01. The molecule has 0 aliphatic rings. The Kier molecular flexibility index (Phi) is 4.35. The second-order valence-corrected chi connectivity index (χ2v) is 9.19. The highest BCUT2D eigenvalue weighted by Gasteiger charge is 2.21. The topological polar surface area (TPSA) is 23.1 Å². The SMILES string of the molecule is C[S+]([O-])c1c(Cl)cc(Br)cc1-c1cccc2c1sc1ccccc12. The molecule has 0 spiro atoms. The first-order chi connectivity index (χ1) is 11.6. The number of thiophene rings is 1. The molecule has 24 heavy (non-hydrogen) atoms. The normalized spacial score (nSPS) is 12.8. The molecule has 1 atom stereocenters. The molecule has 1 unspecified atom stereocenters. The quantitative estimate of drug-likeness (QED) is 0.315. The first-order valence-electron chi connectivity index (χ1n) is 7.29. The number of hydrogen-bond donors (Lipinski definition) is 0. The van der Waals surface area contributed by atoms with Crippen LogP contribution in [0.2, 0.25) is 5.02 Å². The lowest BCUT2D eigenvalue weighted by molar-refractivity contribution is 0.601. The molecule has 4 aromatic rings. The molecule has 1 nitrogen and oxygen atoms in total. The van der Waals surface area contributed by atoms with Crippen LogP contribution in [0.15, 0.2) is 64.0 Å². The molecule has 5 heteroatoms. The molecule has 0 radical (unpaired) electrons. The van der Waals surface area contributed by atoms with Gasteiger partial charge in [-0.15, -0.1) is 11.3 Å². The molecule has 3 aromatic carbocycles. The fourth-order valence-corrected chi connectivity index (χ4v) is 6.19. The average Bonchev–Trinajstić information content (AvgIpc) is 2.92. The van der Waals surface area contributed by atoms with Gasteiger partial charge in [-0.3, -0.25) is 0 Å².